The normalized spacial score (nSPS) is 13.7. The van der Waals surface area contributed by atoms with Gasteiger partial charge in [0, 0.05) is 47.9 Å². The number of aromatic hydroxyl groups is 2. The molecular formula is C34H22O11. The summed E-state index contributed by atoms with van der Waals surface area (Å²) in [6.45, 7) is 1.23. The minimum atomic E-state index is -1.23. The molecule has 1 atom stereocenters. The molecule has 0 bridgehead atoms. The second-order valence-electron chi connectivity index (χ2n) is 10.6. The lowest BCUT2D eigenvalue weighted by atomic mass is 9.95. The number of rotatable bonds is 5. The number of hydrogen-bond acceptors (Lipinski definition) is 11. The maximum atomic E-state index is 13.4. The first kappa shape index (κ1) is 27.7. The summed E-state index contributed by atoms with van der Waals surface area (Å²) in [5.74, 6) is -0.271. The molecule has 0 radical (unpaired) electrons. The fraction of sp³-hybridized carbons (Fsp3) is 0.118. The number of benzene rings is 3. The van der Waals surface area contributed by atoms with E-state index in [0.717, 1.165) is 5.56 Å². The van der Waals surface area contributed by atoms with Crippen LogP contribution >= 0.6 is 0 Å². The summed E-state index contributed by atoms with van der Waals surface area (Å²) in [7, 11) is 0. The molecule has 4 heterocycles. The van der Waals surface area contributed by atoms with Gasteiger partial charge in [0.25, 0.3) is 6.29 Å². The van der Waals surface area contributed by atoms with Crippen molar-refractivity contribution in [1.29, 1.82) is 0 Å². The van der Waals surface area contributed by atoms with Gasteiger partial charge in [-0.2, -0.15) is 0 Å². The Morgan fingerprint density at radius 2 is 1.44 bits per heavy atom. The van der Waals surface area contributed by atoms with Crippen molar-refractivity contribution < 1.29 is 37.7 Å². The second-order valence-corrected chi connectivity index (χ2v) is 10.6. The van der Waals surface area contributed by atoms with Crippen molar-refractivity contribution in [2.45, 2.75) is 26.1 Å². The van der Waals surface area contributed by atoms with Crippen LogP contribution in [0.3, 0.4) is 0 Å². The number of carbonyl (C=O) groups excluding carboxylic acids is 1. The molecule has 0 fully saturated rings. The molecule has 7 rings (SSSR count). The van der Waals surface area contributed by atoms with Gasteiger partial charge in [0.05, 0.1) is 11.1 Å². The maximum absolute atomic E-state index is 13.4. The lowest BCUT2D eigenvalue weighted by molar-refractivity contribution is -0.162. The highest BCUT2D eigenvalue weighted by Crippen LogP contribution is 2.43. The molecule has 3 aromatic carbocycles. The van der Waals surface area contributed by atoms with E-state index < -0.39 is 29.1 Å². The van der Waals surface area contributed by atoms with Crippen molar-refractivity contribution in [3.05, 3.63) is 132 Å². The van der Waals surface area contributed by atoms with E-state index in [1.54, 1.807) is 24.3 Å². The van der Waals surface area contributed by atoms with E-state index in [1.165, 1.54) is 55.5 Å². The predicted octanol–water partition coefficient (Wildman–Crippen LogP) is 5.07. The smallest absolute Gasteiger partial charge is 0.339 e. The predicted molar refractivity (Wildman–Crippen MR) is 159 cm³/mol. The zero-order valence-corrected chi connectivity index (χ0v) is 23.5. The van der Waals surface area contributed by atoms with Gasteiger partial charge < -0.3 is 32.9 Å². The molecule has 0 spiro atoms. The number of fused-ring (bicyclic) bond motifs is 5. The van der Waals surface area contributed by atoms with Crippen LogP contribution in [-0.4, -0.2) is 16.2 Å². The Balaban J connectivity index is 1.32. The molecule has 1 aliphatic rings. The Kier molecular flexibility index (Phi) is 6.51. The van der Waals surface area contributed by atoms with Crippen LogP contribution in [0.1, 0.15) is 41.0 Å². The van der Waals surface area contributed by atoms with Crippen molar-refractivity contribution in [1.82, 2.24) is 0 Å². The van der Waals surface area contributed by atoms with Gasteiger partial charge >= 0.3 is 22.8 Å². The van der Waals surface area contributed by atoms with Gasteiger partial charge in [-0.3, -0.25) is 4.79 Å². The fourth-order valence-electron chi connectivity index (χ4n) is 5.57. The standard InChI is InChI=1S/C34H22O11/c1-16(35)41-34-26-11-20(10-19-13-30(38)42-27-7-4-21(36)14-24(19)27)33(40)45-32(26)25-9-17(2-6-28(25)44-34)8-18-12-31(39)43-29-15-22(37)3-5-23(18)29/h2-7,9,11-15,34,36-37H,8,10H2,1H3. The van der Waals surface area contributed by atoms with Gasteiger partial charge in [-0.05, 0) is 71.6 Å². The molecule has 45 heavy (non-hydrogen) atoms. The van der Waals surface area contributed by atoms with Crippen LogP contribution in [0, 0.1) is 0 Å². The molecule has 0 saturated heterocycles. The number of esters is 1. The number of phenols is 2. The van der Waals surface area contributed by atoms with Crippen molar-refractivity contribution in [3.63, 3.8) is 0 Å². The Hall–Kier alpha value is -6.10. The fourth-order valence-corrected chi connectivity index (χ4v) is 5.57. The van der Waals surface area contributed by atoms with Crippen molar-refractivity contribution in [2.75, 3.05) is 0 Å². The minimum absolute atomic E-state index is 0.0378. The van der Waals surface area contributed by atoms with Gasteiger partial charge in [-0.15, -0.1) is 0 Å². The highest BCUT2D eigenvalue weighted by Gasteiger charge is 2.32. The zero-order valence-electron chi connectivity index (χ0n) is 23.5. The quantitative estimate of drug-likeness (QED) is 0.199. The number of hydrogen-bond donors (Lipinski definition) is 2. The van der Waals surface area contributed by atoms with Gasteiger partial charge in [-0.1, -0.05) is 6.07 Å². The van der Waals surface area contributed by atoms with E-state index in [2.05, 4.69) is 0 Å². The first-order valence-electron chi connectivity index (χ1n) is 13.8. The summed E-state index contributed by atoms with van der Waals surface area (Å²) in [5, 5.41) is 20.9. The Bertz CT molecular complexity index is 2360. The number of phenolic OH excluding ortho intramolecular Hbond substituents is 2. The monoisotopic (exact) mass is 606 g/mol. The van der Waals surface area contributed by atoms with Crippen LogP contribution in [0.25, 0.3) is 33.3 Å². The zero-order chi connectivity index (χ0) is 31.4. The number of ether oxygens (including phenoxy) is 2. The van der Waals surface area contributed by atoms with Crippen molar-refractivity contribution in [3.8, 4) is 28.6 Å². The summed E-state index contributed by atoms with van der Waals surface area (Å²) in [6.07, 6.45) is -0.988. The Morgan fingerprint density at radius 3 is 2.22 bits per heavy atom. The largest absolute Gasteiger partial charge is 0.508 e. The molecule has 1 unspecified atom stereocenters. The van der Waals surface area contributed by atoms with Crippen molar-refractivity contribution in [2.24, 2.45) is 0 Å². The minimum Gasteiger partial charge on any atom is -0.508 e. The highest BCUT2D eigenvalue weighted by molar-refractivity contribution is 5.83. The van der Waals surface area contributed by atoms with Crippen LogP contribution in [0.2, 0.25) is 0 Å². The third-order valence-corrected chi connectivity index (χ3v) is 7.50. The van der Waals surface area contributed by atoms with Crippen molar-refractivity contribution >= 4 is 27.9 Å². The average Bonchev–Trinajstić information content (AvgIpc) is 2.98. The van der Waals surface area contributed by atoms with Gasteiger partial charge in [0.1, 0.15) is 28.4 Å². The summed E-state index contributed by atoms with van der Waals surface area (Å²) < 4.78 is 27.8. The Morgan fingerprint density at radius 1 is 0.733 bits per heavy atom. The lowest BCUT2D eigenvalue weighted by Gasteiger charge is -2.27. The summed E-state index contributed by atoms with van der Waals surface area (Å²) in [5.41, 5.74) is 1.24. The topological polar surface area (TPSA) is 167 Å². The van der Waals surface area contributed by atoms with E-state index in [4.69, 9.17) is 22.7 Å². The molecule has 11 nitrogen and oxygen atoms in total. The second kappa shape index (κ2) is 10.6. The SMILES string of the molecule is CC(=O)OC1Oc2ccc(Cc3cc(=O)oc4cc(O)ccc34)cc2-c2oc(=O)c(Cc3cc(=O)oc4ccc(O)cc34)cc21. The molecule has 2 N–H and O–H groups in total. The molecule has 1 aliphatic heterocycles. The first-order valence-corrected chi connectivity index (χ1v) is 13.8. The summed E-state index contributed by atoms with van der Waals surface area (Å²) >= 11 is 0. The van der Waals surface area contributed by atoms with Gasteiger partial charge in [0.2, 0.25) is 0 Å². The van der Waals surface area contributed by atoms with Crippen LogP contribution in [0.5, 0.6) is 17.2 Å². The number of carbonyl (C=O) groups is 1. The van der Waals surface area contributed by atoms with Crippen LogP contribution < -0.4 is 21.6 Å². The van der Waals surface area contributed by atoms with E-state index in [1.807, 2.05) is 0 Å². The Labute approximate surface area is 252 Å². The molecule has 0 aliphatic carbocycles. The summed E-state index contributed by atoms with van der Waals surface area (Å²) in [4.78, 5) is 49.8. The van der Waals surface area contributed by atoms with Crippen LogP contribution in [0.15, 0.2) is 100 Å². The van der Waals surface area contributed by atoms with Gasteiger partial charge in [-0.25, -0.2) is 14.4 Å². The first-order chi connectivity index (χ1) is 21.6. The molecule has 6 aromatic rings. The van der Waals surface area contributed by atoms with E-state index in [-0.39, 0.29) is 46.0 Å². The van der Waals surface area contributed by atoms with Gasteiger partial charge in [0.15, 0.2) is 5.76 Å². The maximum Gasteiger partial charge on any atom is 0.339 e. The van der Waals surface area contributed by atoms with Crippen LogP contribution in [0.4, 0.5) is 0 Å². The van der Waals surface area contributed by atoms with E-state index in [9.17, 15) is 29.4 Å². The third kappa shape index (κ3) is 5.20. The molecular weight excluding hydrogens is 584 g/mol. The molecule has 3 aromatic heterocycles. The third-order valence-electron chi connectivity index (χ3n) is 7.50. The average molecular weight is 607 g/mol. The molecule has 11 heteroatoms. The highest BCUT2D eigenvalue weighted by atomic mass is 16.7. The molecule has 0 amide bonds. The van der Waals surface area contributed by atoms with E-state index >= 15 is 0 Å². The molecule has 0 saturated carbocycles. The molecule has 224 valence electrons. The van der Waals surface area contributed by atoms with Crippen LogP contribution in [-0.2, 0) is 22.4 Å². The lowest BCUT2D eigenvalue weighted by Crippen LogP contribution is -2.22. The summed E-state index contributed by atoms with van der Waals surface area (Å²) in [6, 6.07) is 18.1. The van der Waals surface area contributed by atoms with E-state index in [0.29, 0.717) is 39.6 Å².